The summed E-state index contributed by atoms with van der Waals surface area (Å²) in [6.07, 6.45) is 14.0. The molecule has 0 atom stereocenters. The highest BCUT2D eigenvalue weighted by Gasteiger charge is 2.11. The molecular formula is C15H23BrO2. The second-order valence-corrected chi connectivity index (χ2v) is 5.27. The van der Waals surface area contributed by atoms with Gasteiger partial charge in [-0.15, -0.1) is 0 Å². The molecule has 0 unspecified atom stereocenters. The lowest BCUT2D eigenvalue weighted by molar-refractivity contribution is -0.136. The van der Waals surface area contributed by atoms with E-state index in [0.29, 0.717) is 0 Å². The number of carbonyl (C=O) groups is 1. The van der Waals surface area contributed by atoms with E-state index in [1.807, 2.05) is 6.08 Å². The van der Waals surface area contributed by atoms with Crippen molar-refractivity contribution in [3.63, 3.8) is 0 Å². The molecule has 0 fully saturated rings. The minimum absolute atomic E-state index is 0.153. The number of hydrogen-bond acceptors (Lipinski definition) is 2. The van der Waals surface area contributed by atoms with Crippen molar-refractivity contribution >= 4 is 21.9 Å². The minimum atomic E-state index is -0.153. The van der Waals surface area contributed by atoms with Crippen LogP contribution < -0.4 is 0 Å². The fourth-order valence-corrected chi connectivity index (χ4v) is 2.69. The van der Waals surface area contributed by atoms with Crippen LogP contribution in [0.25, 0.3) is 0 Å². The number of ether oxygens (including phenoxy) is 1. The summed E-state index contributed by atoms with van der Waals surface area (Å²) >= 11 is 3.44. The van der Waals surface area contributed by atoms with E-state index in [-0.39, 0.29) is 5.97 Å². The Morgan fingerprint density at radius 2 is 1.83 bits per heavy atom. The predicted octanol–water partition coefficient (Wildman–Crippen LogP) is 4.54. The van der Waals surface area contributed by atoms with Crippen LogP contribution in [-0.4, -0.2) is 18.4 Å². The minimum Gasteiger partial charge on any atom is -0.466 e. The number of halogens is 1. The van der Waals surface area contributed by atoms with E-state index < -0.39 is 0 Å². The monoisotopic (exact) mass is 314 g/mol. The first-order valence-corrected chi connectivity index (χ1v) is 7.91. The van der Waals surface area contributed by atoms with E-state index in [2.05, 4.69) is 26.7 Å². The van der Waals surface area contributed by atoms with E-state index >= 15 is 0 Å². The van der Waals surface area contributed by atoms with Crippen molar-refractivity contribution in [1.82, 2.24) is 0 Å². The molecule has 0 amide bonds. The maximum Gasteiger partial charge on any atom is 0.333 e. The number of esters is 1. The fourth-order valence-electron chi connectivity index (χ4n) is 2.18. The van der Waals surface area contributed by atoms with E-state index in [4.69, 9.17) is 0 Å². The van der Waals surface area contributed by atoms with Gasteiger partial charge in [-0.2, -0.15) is 0 Å². The molecule has 0 aromatic rings. The molecule has 2 nitrogen and oxygen atoms in total. The van der Waals surface area contributed by atoms with Crippen LogP contribution in [0, 0.1) is 0 Å². The number of hydrogen-bond donors (Lipinski definition) is 0. The Balaban J connectivity index is 0.000000184. The molecule has 2 aliphatic carbocycles. The van der Waals surface area contributed by atoms with Crippen LogP contribution in [0.1, 0.15) is 51.4 Å². The summed E-state index contributed by atoms with van der Waals surface area (Å²) in [6, 6.07) is 0. The zero-order chi connectivity index (χ0) is 13.2. The van der Waals surface area contributed by atoms with Crippen molar-refractivity contribution in [2.24, 2.45) is 0 Å². The molecule has 0 heterocycles. The number of methoxy groups -OCH3 is 1. The van der Waals surface area contributed by atoms with Crippen molar-refractivity contribution in [1.29, 1.82) is 0 Å². The molecule has 0 aliphatic heterocycles. The quantitative estimate of drug-likeness (QED) is 0.425. The van der Waals surface area contributed by atoms with Gasteiger partial charge in [0.1, 0.15) is 0 Å². The SMILES string of the molecule is BrCC1=CCCCC1.COC(=O)C1=CCCCC1. The highest BCUT2D eigenvalue weighted by atomic mass is 79.9. The van der Waals surface area contributed by atoms with Gasteiger partial charge in [0.15, 0.2) is 0 Å². The lowest BCUT2D eigenvalue weighted by Crippen LogP contribution is -2.06. The van der Waals surface area contributed by atoms with Crippen LogP contribution in [0.4, 0.5) is 0 Å². The smallest absolute Gasteiger partial charge is 0.333 e. The number of alkyl halides is 1. The highest BCUT2D eigenvalue weighted by molar-refractivity contribution is 9.09. The molecule has 2 aliphatic rings. The molecule has 0 radical (unpaired) electrons. The number of rotatable bonds is 2. The molecule has 0 spiro atoms. The van der Waals surface area contributed by atoms with E-state index in [9.17, 15) is 4.79 Å². The van der Waals surface area contributed by atoms with E-state index in [1.165, 1.54) is 39.2 Å². The van der Waals surface area contributed by atoms with Crippen molar-refractivity contribution in [3.05, 3.63) is 23.3 Å². The molecule has 0 N–H and O–H groups in total. The Kier molecular flexibility index (Phi) is 8.06. The van der Waals surface area contributed by atoms with Gasteiger partial charge in [0.05, 0.1) is 7.11 Å². The third-order valence-corrected chi connectivity index (χ3v) is 4.02. The molecule has 2 rings (SSSR count). The topological polar surface area (TPSA) is 26.3 Å². The molecular weight excluding hydrogens is 292 g/mol. The average molecular weight is 315 g/mol. The van der Waals surface area contributed by atoms with Gasteiger partial charge in [-0.3, -0.25) is 0 Å². The molecule has 3 heteroatoms. The number of allylic oxidation sites excluding steroid dienone is 3. The predicted molar refractivity (Wildman–Crippen MR) is 78.9 cm³/mol. The van der Waals surface area contributed by atoms with Gasteiger partial charge in [0.25, 0.3) is 0 Å². The lowest BCUT2D eigenvalue weighted by Gasteiger charge is -2.09. The van der Waals surface area contributed by atoms with E-state index in [0.717, 1.165) is 30.2 Å². The summed E-state index contributed by atoms with van der Waals surface area (Å²) < 4.78 is 4.58. The first kappa shape index (κ1) is 15.5. The summed E-state index contributed by atoms with van der Waals surface area (Å²) in [6.45, 7) is 0. The fraction of sp³-hybridized carbons (Fsp3) is 0.667. The second-order valence-electron chi connectivity index (χ2n) is 4.71. The maximum absolute atomic E-state index is 10.9. The van der Waals surface area contributed by atoms with Gasteiger partial charge in [0, 0.05) is 10.9 Å². The zero-order valence-corrected chi connectivity index (χ0v) is 12.8. The van der Waals surface area contributed by atoms with Gasteiger partial charge in [-0.05, 0) is 51.4 Å². The third-order valence-electron chi connectivity index (χ3n) is 3.30. The summed E-state index contributed by atoms with van der Waals surface area (Å²) in [5.74, 6) is -0.153. The standard InChI is InChI=1S/C8H12O2.C7H11Br/c1-10-8(9)7-5-3-2-4-6-7;8-6-7-4-2-1-3-5-7/h5H,2-4,6H2,1H3;4H,1-3,5-6H2. The summed E-state index contributed by atoms with van der Waals surface area (Å²) in [5.41, 5.74) is 2.45. The average Bonchev–Trinajstić information content (AvgIpc) is 2.49. The molecule has 102 valence electrons. The van der Waals surface area contributed by atoms with Crippen LogP contribution in [0.3, 0.4) is 0 Å². The van der Waals surface area contributed by atoms with Crippen LogP contribution in [0.5, 0.6) is 0 Å². The molecule has 0 aromatic carbocycles. The first-order chi connectivity index (χ1) is 8.77. The molecule has 0 saturated heterocycles. The summed E-state index contributed by atoms with van der Waals surface area (Å²) in [7, 11) is 1.43. The first-order valence-electron chi connectivity index (χ1n) is 6.79. The normalized spacial score (nSPS) is 19.0. The van der Waals surface area contributed by atoms with Gasteiger partial charge >= 0.3 is 5.97 Å². The van der Waals surface area contributed by atoms with Gasteiger partial charge in [-0.25, -0.2) is 4.79 Å². The molecule has 0 saturated carbocycles. The summed E-state index contributed by atoms with van der Waals surface area (Å²) in [5, 5.41) is 1.09. The third kappa shape index (κ3) is 5.85. The van der Waals surface area contributed by atoms with Crippen LogP contribution in [0.15, 0.2) is 23.3 Å². The largest absolute Gasteiger partial charge is 0.466 e. The van der Waals surface area contributed by atoms with E-state index in [1.54, 1.807) is 5.57 Å². The summed E-state index contributed by atoms with van der Waals surface area (Å²) in [4.78, 5) is 10.9. The van der Waals surface area contributed by atoms with Gasteiger partial charge in [-0.1, -0.05) is 33.7 Å². The molecule has 0 aromatic heterocycles. The second kappa shape index (κ2) is 9.37. The van der Waals surface area contributed by atoms with Crippen LogP contribution >= 0.6 is 15.9 Å². The molecule has 0 bridgehead atoms. The van der Waals surface area contributed by atoms with Crippen molar-refractivity contribution in [3.8, 4) is 0 Å². The maximum atomic E-state index is 10.9. The Morgan fingerprint density at radius 3 is 2.22 bits per heavy atom. The van der Waals surface area contributed by atoms with Crippen molar-refractivity contribution < 1.29 is 9.53 Å². The van der Waals surface area contributed by atoms with Gasteiger partial charge < -0.3 is 4.74 Å². The van der Waals surface area contributed by atoms with Crippen LogP contribution in [-0.2, 0) is 9.53 Å². The Labute approximate surface area is 119 Å². The molecule has 18 heavy (non-hydrogen) atoms. The van der Waals surface area contributed by atoms with Crippen molar-refractivity contribution in [2.45, 2.75) is 51.4 Å². The Morgan fingerprint density at radius 1 is 1.17 bits per heavy atom. The van der Waals surface area contributed by atoms with Crippen molar-refractivity contribution in [2.75, 3.05) is 12.4 Å². The van der Waals surface area contributed by atoms with Gasteiger partial charge in [0.2, 0.25) is 0 Å². The highest BCUT2D eigenvalue weighted by Crippen LogP contribution is 2.18. The zero-order valence-electron chi connectivity index (χ0n) is 11.2. The Hall–Kier alpha value is -0.570. The lowest BCUT2D eigenvalue weighted by atomic mass is 10.00. The Bertz CT molecular complexity index is 318. The number of carbonyl (C=O) groups excluding carboxylic acids is 1. The van der Waals surface area contributed by atoms with Crippen LogP contribution in [0.2, 0.25) is 0 Å².